The number of hydrogen-bond acceptors (Lipinski definition) is 3. The molecule has 2 atom stereocenters. The summed E-state index contributed by atoms with van der Waals surface area (Å²) in [5.41, 5.74) is 2.19. The number of carbonyl (C=O) groups is 1. The highest BCUT2D eigenvalue weighted by molar-refractivity contribution is 5.93. The summed E-state index contributed by atoms with van der Waals surface area (Å²) >= 11 is 0. The molecule has 0 aliphatic heterocycles. The molecule has 1 aromatic heterocycles. The molecule has 1 heterocycles. The van der Waals surface area contributed by atoms with Crippen LogP contribution in [0.1, 0.15) is 29.9 Å². The Hall–Kier alpha value is -3.36. The van der Waals surface area contributed by atoms with Gasteiger partial charge >= 0.3 is 0 Å². The molecule has 1 amide bonds. The maximum atomic E-state index is 12.6. The van der Waals surface area contributed by atoms with Crippen LogP contribution < -0.4 is 10.6 Å². The molecule has 0 fully saturated rings. The largest absolute Gasteiger partial charge is 0.463 e. The lowest BCUT2D eigenvalue weighted by molar-refractivity contribution is -0.706. The van der Waals surface area contributed by atoms with Gasteiger partial charge in [0, 0.05) is 11.3 Å². The number of quaternary nitrogens is 1. The number of carbonyl (C=O) groups excluding carboxylic acids is 1. The molecule has 0 aliphatic rings. The molecule has 0 radical (unpaired) electrons. The number of nitrogens with one attached hydrogen (secondary N) is 1. The third-order valence-electron chi connectivity index (χ3n) is 4.16. The van der Waals surface area contributed by atoms with Crippen LogP contribution in [0.4, 0.5) is 5.69 Å². The molecule has 3 aromatic rings. The van der Waals surface area contributed by atoms with Crippen molar-refractivity contribution >= 4 is 11.6 Å². The zero-order valence-electron chi connectivity index (χ0n) is 14.4. The standard InChI is InChI=1S/C21H19N3O2/c1-15(21(25)24-18-10-5-7-16(13-18)14-22)23-20(19-11-6-12-26-19)17-8-3-2-4-9-17/h2-13,15,20,23H,1H3,(H,24,25)/p+1/t15-,20-/m0/s1. The van der Waals surface area contributed by atoms with Crippen molar-refractivity contribution < 1.29 is 14.5 Å². The number of nitrogens with zero attached hydrogens (tertiary/aromatic N) is 1. The maximum Gasteiger partial charge on any atom is 0.282 e. The summed E-state index contributed by atoms with van der Waals surface area (Å²) in [6.07, 6.45) is 1.64. The van der Waals surface area contributed by atoms with Crippen LogP contribution in [-0.4, -0.2) is 11.9 Å². The van der Waals surface area contributed by atoms with Gasteiger partial charge in [0.15, 0.2) is 17.8 Å². The first-order valence-corrected chi connectivity index (χ1v) is 8.41. The van der Waals surface area contributed by atoms with Crippen molar-refractivity contribution in [3.63, 3.8) is 0 Å². The number of benzene rings is 2. The lowest BCUT2D eigenvalue weighted by Gasteiger charge is -2.18. The monoisotopic (exact) mass is 346 g/mol. The Morgan fingerprint density at radius 1 is 1.12 bits per heavy atom. The van der Waals surface area contributed by atoms with Crippen molar-refractivity contribution in [2.24, 2.45) is 0 Å². The molecule has 0 unspecified atom stereocenters. The van der Waals surface area contributed by atoms with Gasteiger partial charge in [0.1, 0.15) is 0 Å². The summed E-state index contributed by atoms with van der Waals surface area (Å²) in [5, 5.41) is 13.8. The molecule has 130 valence electrons. The third-order valence-corrected chi connectivity index (χ3v) is 4.16. The molecule has 0 aliphatic carbocycles. The highest BCUT2D eigenvalue weighted by Gasteiger charge is 2.26. The number of nitriles is 1. The average molecular weight is 346 g/mol. The molecule has 26 heavy (non-hydrogen) atoms. The van der Waals surface area contributed by atoms with E-state index in [9.17, 15) is 4.79 Å². The molecule has 5 nitrogen and oxygen atoms in total. The zero-order chi connectivity index (χ0) is 18.4. The van der Waals surface area contributed by atoms with E-state index in [0.717, 1.165) is 11.3 Å². The Morgan fingerprint density at radius 2 is 1.92 bits per heavy atom. The van der Waals surface area contributed by atoms with Gasteiger partial charge in [0.25, 0.3) is 5.91 Å². The summed E-state index contributed by atoms with van der Waals surface area (Å²) in [4.78, 5) is 12.6. The molecular formula is C21H20N3O2+. The highest BCUT2D eigenvalue weighted by Crippen LogP contribution is 2.19. The minimum Gasteiger partial charge on any atom is -0.463 e. The normalized spacial score (nSPS) is 12.8. The molecule has 0 saturated heterocycles. The second-order valence-corrected chi connectivity index (χ2v) is 6.07. The second-order valence-electron chi connectivity index (χ2n) is 6.07. The van der Waals surface area contributed by atoms with Crippen molar-refractivity contribution in [2.45, 2.75) is 19.0 Å². The number of amides is 1. The fourth-order valence-electron chi connectivity index (χ4n) is 2.80. The fourth-order valence-corrected chi connectivity index (χ4v) is 2.80. The van der Waals surface area contributed by atoms with Gasteiger partial charge in [-0.2, -0.15) is 5.26 Å². The van der Waals surface area contributed by atoms with E-state index in [1.807, 2.05) is 54.7 Å². The first kappa shape index (κ1) is 17.5. The van der Waals surface area contributed by atoms with Crippen molar-refractivity contribution in [3.05, 3.63) is 89.9 Å². The van der Waals surface area contributed by atoms with Gasteiger partial charge in [0.2, 0.25) is 0 Å². The Labute approximate surface area is 152 Å². The summed E-state index contributed by atoms with van der Waals surface area (Å²) in [6, 6.07) is 22.2. The molecule has 0 saturated carbocycles. The average Bonchev–Trinajstić information content (AvgIpc) is 3.21. The van der Waals surface area contributed by atoms with Crippen molar-refractivity contribution in [2.75, 3.05) is 5.32 Å². The first-order chi connectivity index (χ1) is 12.7. The molecule has 0 bridgehead atoms. The molecule has 2 aromatic carbocycles. The first-order valence-electron chi connectivity index (χ1n) is 8.41. The van der Waals surface area contributed by atoms with E-state index < -0.39 is 0 Å². The van der Waals surface area contributed by atoms with Gasteiger partial charge in [-0.05, 0) is 37.3 Å². The van der Waals surface area contributed by atoms with Crippen LogP contribution in [-0.2, 0) is 4.79 Å². The van der Waals surface area contributed by atoms with Crippen LogP contribution in [0.15, 0.2) is 77.4 Å². The van der Waals surface area contributed by atoms with Gasteiger partial charge in [-0.3, -0.25) is 4.79 Å². The van der Waals surface area contributed by atoms with E-state index in [1.54, 1.807) is 30.5 Å². The summed E-state index contributed by atoms with van der Waals surface area (Å²) in [5.74, 6) is 0.662. The molecule has 5 heteroatoms. The van der Waals surface area contributed by atoms with Crippen LogP contribution in [0.3, 0.4) is 0 Å². The minimum absolute atomic E-state index is 0.114. The number of anilines is 1. The van der Waals surface area contributed by atoms with Crippen LogP contribution in [0.25, 0.3) is 0 Å². The summed E-state index contributed by atoms with van der Waals surface area (Å²) in [6.45, 7) is 1.85. The van der Waals surface area contributed by atoms with E-state index in [0.29, 0.717) is 11.3 Å². The van der Waals surface area contributed by atoms with Gasteiger partial charge in [-0.25, -0.2) is 0 Å². The maximum absolute atomic E-state index is 12.6. The Morgan fingerprint density at radius 3 is 2.62 bits per heavy atom. The summed E-state index contributed by atoms with van der Waals surface area (Å²) in [7, 11) is 0. The van der Waals surface area contributed by atoms with Crippen LogP contribution >= 0.6 is 0 Å². The van der Waals surface area contributed by atoms with Gasteiger partial charge in [-0.15, -0.1) is 0 Å². The van der Waals surface area contributed by atoms with Crippen LogP contribution in [0, 0.1) is 11.3 Å². The Kier molecular flexibility index (Phi) is 5.47. The van der Waals surface area contributed by atoms with Gasteiger partial charge in [0.05, 0.1) is 17.9 Å². The lowest BCUT2D eigenvalue weighted by Crippen LogP contribution is -2.92. The van der Waals surface area contributed by atoms with Crippen molar-refractivity contribution in [1.29, 1.82) is 5.26 Å². The molecule has 3 N–H and O–H groups in total. The van der Waals surface area contributed by atoms with Crippen LogP contribution in [0.2, 0.25) is 0 Å². The second kappa shape index (κ2) is 8.15. The number of furan rings is 1. The third kappa shape index (κ3) is 4.18. The fraction of sp³-hybridized carbons (Fsp3) is 0.143. The number of nitrogens with two attached hydrogens (primary N) is 1. The van der Waals surface area contributed by atoms with Crippen molar-refractivity contribution in [3.8, 4) is 6.07 Å². The van der Waals surface area contributed by atoms with E-state index in [2.05, 4.69) is 11.4 Å². The summed E-state index contributed by atoms with van der Waals surface area (Å²) < 4.78 is 5.58. The molecule has 0 spiro atoms. The topological polar surface area (TPSA) is 82.6 Å². The number of hydrogen-bond donors (Lipinski definition) is 2. The zero-order valence-corrected chi connectivity index (χ0v) is 14.4. The minimum atomic E-state index is -0.351. The molecular weight excluding hydrogens is 326 g/mol. The van der Waals surface area contributed by atoms with Crippen molar-refractivity contribution in [1.82, 2.24) is 0 Å². The Bertz CT molecular complexity index is 899. The lowest BCUT2D eigenvalue weighted by atomic mass is 10.0. The predicted octanol–water partition coefficient (Wildman–Crippen LogP) is 2.83. The number of rotatable bonds is 6. The highest BCUT2D eigenvalue weighted by atomic mass is 16.3. The predicted molar refractivity (Wildman–Crippen MR) is 98.2 cm³/mol. The smallest absolute Gasteiger partial charge is 0.282 e. The van der Waals surface area contributed by atoms with Gasteiger partial charge < -0.3 is 15.1 Å². The van der Waals surface area contributed by atoms with Crippen LogP contribution in [0.5, 0.6) is 0 Å². The van der Waals surface area contributed by atoms with E-state index in [1.165, 1.54) is 0 Å². The van der Waals surface area contributed by atoms with E-state index in [-0.39, 0.29) is 18.0 Å². The van der Waals surface area contributed by atoms with Gasteiger partial charge in [-0.1, -0.05) is 36.4 Å². The SMILES string of the molecule is C[C@H]([NH2+][C@@H](c1ccccc1)c1ccco1)C(=O)Nc1cccc(C#N)c1. The van der Waals surface area contributed by atoms with E-state index >= 15 is 0 Å². The molecule has 3 rings (SSSR count). The quantitative estimate of drug-likeness (QED) is 0.720. The van der Waals surface area contributed by atoms with E-state index in [4.69, 9.17) is 9.68 Å². The Balaban J connectivity index is 1.74.